The first-order valence-corrected chi connectivity index (χ1v) is 7.77. The van der Waals surface area contributed by atoms with Gasteiger partial charge in [-0.3, -0.25) is 0 Å². The van der Waals surface area contributed by atoms with Gasteiger partial charge in [0.25, 0.3) is 0 Å². The molecule has 0 fully saturated rings. The highest BCUT2D eigenvalue weighted by Gasteiger charge is 2.12. The van der Waals surface area contributed by atoms with E-state index >= 15 is 0 Å². The molecule has 126 valence electrons. The lowest BCUT2D eigenvalue weighted by Crippen LogP contribution is -2.05. The largest absolute Gasteiger partial charge is 0.493 e. The summed E-state index contributed by atoms with van der Waals surface area (Å²) in [5.41, 5.74) is 0.558. The van der Waals surface area contributed by atoms with E-state index in [2.05, 4.69) is 20.2 Å². The maximum absolute atomic E-state index is 12.4. The minimum Gasteiger partial charge on any atom is -0.493 e. The monoisotopic (exact) mass is 353 g/mol. The zero-order valence-electron chi connectivity index (χ0n) is 12.5. The SMILES string of the molecule is COc1ccc(NCc2nc(-c3cccs3)no2)cc1OC(F)F. The molecule has 2 aromatic heterocycles. The molecule has 0 aliphatic rings. The van der Waals surface area contributed by atoms with Gasteiger partial charge < -0.3 is 19.3 Å². The van der Waals surface area contributed by atoms with E-state index in [0.717, 1.165) is 4.88 Å². The van der Waals surface area contributed by atoms with Gasteiger partial charge in [0.15, 0.2) is 11.5 Å². The van der Waals surface area contributed by atoms with E-state index in [1.807, 2.05) is 17.5 Å². The summed E-state index contributed by atoms with van der Waals surface area (Å²) in [7, 11) is 1.38. The highest BCUT2D eigenvalue weighted by atomic mass is 32.1. The van der Waals surface area contributed by atoms with Crippen molar-refractivity contribution in [3.05, 3.63) is 41.6 Å². The van der Waals surface area contributed by atoms with E-state index in [4.69, 9.17) is 9.26 Å². The van der Waals surface area contributed by atoms with Gasteiger partial charge in [0, 0.05) is 11.8 Å². The number of benzene rings is 1. The van der Waals surface area contributed by atoms with E-state index in [1.54, 1.807) is 6.07 Å². The molecule has 3 rings (SSSR count). The molecule has 3 aromatic rings. The van der Waals surface area contributed by atoms with Crippen LogP contribution in [0.1, 0.15) is 5.89 Å². The molecule has 1 aromatic carbocycles. The predicted octanol–water partition coefficient (Wildman–Crippen LogP) is 4.02. The highest BCUT2D eigenvalue weighted by Crippen LogP contribution is 2.31. The number of aromatic nitrogens is 2. The van der Waals surface area contributed by atoms with Gasteiger partial charge in [-0.25, -0.2) is 0 Å². The van der Waals surface area contributed by atoms with Crippen molar-refractivity contribution in [3.63, 3.8) is 0 Å². The third kappa shape index (κ3) is 3.80. The van der Waals surface area contributed by atoms with Crippen LogP contribution in [-0.2, 0) is 6.54 Å². The minimum absolute atomic E-state index is 0.0534. The van der Waals surface area contributed by atoms with E-state index < -0.39 is 6.61 Å². The number of nitrogens with zero attached hydrogens (tertiary/aromatic N) is 2. The van der Waals surface area contributed by atoms with Gasteiger partial charge in [0.1, 0.15) is 0 Å². The molecule has 0 amide bonds. The van der Waals surface area contributed by atoms with Crippen molar-refractivity contribution in [2.45, 2.75) is 13.2 Å². The Kier molecular flexibility index (Phi) is 4.90. The Labute approximate surface area is 140 Å². The first-order chi connectivity index (χ1) is 11.7. The summed E-state index contributed by atoms with van der Waals surface area (Å²) >= 11 is 1.51. The molecule has 0 aliphatic carbocycles. The fourth-order valence-corrected chi connectivity index (χ4v) is 2.63. The molecule has 0 saturated carbocycles. The fraction of sp³-hybridized carbons (Fsp3) is 0.200. The number of rotatable bonds is 7. The molecule has 0 radical (unpaired) electrons. The number of hydrogen-bond acceptors (Lipinski definition) is 7. The number of methoxy groups -OCH3 is 1. The van der Waals surface area contributed by atoms with Crippen LogP contribution in [0.25, 0.3) is 10.7 Å². The smallest absolute Gasteiger partial charge is 0.387 e. The second-order valence-electron chi connectivity index (χ2n) is 4.59. The van der Waals surface area contributed by atoms with Crippen LogP contribution in [-0.4, -0.2) is 23.9 Å². The number of nitrogens with one attached hydrogen (secondary N) is 1. The molecule has 0 atom stereocenters. The summed E-state index contributed by atoms with van der Waals surface area (Å²) < 4.78 is 39.4. The standard InChI is InChI=1S/C15H13F2N3O3S/c1-21-10-5-4-9(7-11(10)22-15(16)17)18-8-13-19-14(20-23-13)12-3-2-6-24-12/h2-7,15,18H,8H2,1H3. The second-order valence-corrected chi connectivity index (χ2v) is 5.53. The topological polar surface area (TPSA) is 69.4 Å². The first kappa shape index (κ1) is 16.2. The molecular weight excluding hydrogens is 340 g/mol. The van der Waals surface area contributed by atoms with Crippen LogP contribution in [0.5, 0.6) is 11.5 Å². The van der Waals surface area contributed by atoms with Crippen molar-refractivity contribution in [1.29, 1.82) is 0 Å². The Morgan fingerprint density at radius 2 is 2.17 bits per heavy atom. The third-order valence-electron chi connectivity index (χ3n) is 3.03. The van der Waals surface area contributed by atoms with Crippen LogP contribution in [0.2, 0.25) is 0 Å². The Bertz CT molecular complexity index is 793. The Hall–Kier alpha value is -2.68. The summed E-state index contributed by atoms with van der Waals surface area (Å²) in [6, 6.07) is 8.42. The molecule has 9 heteroatoms. The molecule has 1 N–H and O–H groups in total. The second kappa shape index (κ2) is 7.26. The normalized spacial score (nSPS) is 10.8. The Balaban J connectivity index is 1.68. The van der Waals surface area contributed by atoms with E-state index in [0.29, 0.717) is 17.4 Å². The van der Waals surface area contributed by atoms with Crippen LogP contribution in [0, 0.1) is 0 Å². The summed E-state index contributed by atoms with van der Waals surface area (Å²) in [5.74, 6) is 1.06. The predicted molar refractivity (Wildman–Crippen MR) is 84.6 cm³/mol. The van der Waals surface area contributed by atoms with Crippen LogP contribution >= 0.6 is 11.3 Å². The average molecular weight is 353 g/mol. The zero-order chi connectivity index (χ0) is 16.9. The van der Waals surface area contributed by atoms with Crippen molar-refractivity contribution >= 4 is 17.0 Å². The van der Waals surface area contributed by atoms with Crippen molar-refractivity contribution in [2.75, 3.05) is 12.4 Å². The Morgan fingerprint density at radius 3 is 2.88 bits per heavy atom. The van der Waals surface area contributed by atoms with Gasteiger partial charge in [-0.15, -0.1) is 11.3 Å². The van der Waals surface area contributed by atoms with Crippen LogP contribution in [0.3, 0.4) is 0 Å². The van der Waals surface area contributed by atoms with Gasteiger partial charge in [0.05, 0.1) is 18.5 Å². The number of anilines is 1. The lowest BCUT2D eigenvalue weighted by molar-refractivity contribution is -0.0511. The quantitative estimate of drug-likeness (QED) is 0.692. The van der Waals surface area contributed by atoms with Crippen molar-refractivity contribution < 1.29 is 22.8 Å². The molecule has 0 saturated heterocycles. The number of thiophene rings is 1. The molecule has 0 bridgehead atoms. The summed E-state index contributed by atoms with van der Waals surface area (Å²) in [4.78, 5) is 5.17. The van der Waals surface area contributed by atoms with Gasteiger partial charge in [0.2, 0.25) is 11.7 Å². The average Bonchev–Trinajstić information content (AvgIpc) is 3.24. The van der Waals surface area contributed by atoms with E-state index in [1.165, 1.54) is 30.6 Å². The summed E-state index contributed by atoms with van der Waals surface area (Å²) in [5, 5.41) is 8.83. The van der Waals surface area contributed by atoms with Crippen molar-refractivity contribution in [3.8, 4) is 22.2 Å². The van der Waals surface area contributed by atoms with Gasteiger partial charge in [-0.05, 0) is 23.6 Å². The van der Waals surface area contributed by atoms with Crippen molar-refractivity contribution in [2.24, 2.45) is 0 Å². The number of alkyl halides is 2. The number of halogens is 2. The van der Waals surface area contributed by atoms with Crippen LogP contribution < -0.4 is 14.8 Å². The van der Waals surface area contributed by atoms with E-state index in [9.17, 15) is 8.78 Å². The lowest BCUT2D eigenvalue weighted by Gasteiger charge is -2.12. The summed E-state index contributed by atoms with van der Waals surface area (Å²) in [6.07, 6.45) is 0. The third-order valence-corrected chi connectivity index (χ3v) is 3.90. The molecule has 6 nitrogen and oxygen atoms in total. The van der Waals surface area contributed by atoms with Crippen LogP contribution in [0.15, 0.2) is 40.2 Å². The highest BCUT2D eigenvalue weighted by molar-refractivity contribution is 7.13. The molecular formula is C15H13F2N3O3S. The van der Waals surface area contributed by atoms with Gasteiger partial charge >= 0.3 is 6.61 Å². The molecule has 0 aliphatic heterocycles. The fourth-order valence-electron chi connectivity index (χ4n) is 1.98. The number of hydrogen-bond donors (Lipinski definition) is 1. The first-order valence-electron chi connectivity index (χ1n) is 6.89. The van der Waals surface area contributed by atoms with Crippen molar-refractivity contribution in [1.82, 2.24) is 10.1 Å². The van der Waals surface area contributed by atoms with Gasteiger partial charge in [-0.1, -0.05) is 11.2 Å². The molecule has 0 spiro atoms. The lowest BCUT2D eigenvalue weighted by atomic mass is 10.2. The molecule has 0 unspecified atom stereocenters. The summed E-state index contributed by atoms with van der Waals surface area (Å²) in [6.45, 7) is -2.68. The number of ether oxygens (including phenoxy) is 2. The molecule has 2 heterocycles. The van der Waals surface area contributed by atoms with Crippen LogP contribution in [0.4, 0.5) is 14.5 Å². The zero-order valence-corrected chi connectivity index (χ0v) is 13.3. The molecule has 24 heavy (non-hydrogen) atoms. The Morgan fingerprint density at radius 1 is 1.29 bits per heavy atom. The van der Waals surface area contributed by atoms with E-state index in [-0.39, 0.29) is 18.0 Å². The maximum Gasteiger partial charge on any atom is 0.387 e. The maximum atomic E-state index is 12.4. The van der Waals surface area contributed by atoms with Gasteiger partial charge in [-0.2, -0.15) is 13.8 Å². The minimum atomic E-state index is -2.93.